The van der Waals surface area contributed by atoms with E-state index in [1.54, 1.807) is 7.11 Å². The highest BCUT2D eigenvalue weighted by Gasteiger charge is 2.30. The van der Waals surface area contributed by atoms with Crippen LogP contribution in [0.15, 0.2) is 24.5 Å². The summed E-state index contributed by atoms with van der Waals surface area (Å²) in [6, 6.07) is 4.24. The Bertz CT molecular complexity index is 759. The quantitative estimate of drug-likeness (QED) is 0.840. The number of nitrogens with one attached hydrogen (secondary N) is 1. The number of aromatic nitrogens is 2. The first-order valence-corrected chi connectivity index (χ1v) is 9.62. The molecule has 0 saturated carbocycles. The van der Waals surface area contributed by atoms with E-state index in [0.717, 1.165) is 43.1 Å². The van der Waals surface area contributed by atoms with Gasteiger partial charge in [0.2, 0.25) is 5.75 Å². The highest BCUT2D eigenvalue weighted by Crippen LogP contribution is 2.40. The number of rotatable bonds is 6. The van der Waals surface area contributed by atoms with E-state index in [2.05, 4.69) is 21.8 Å². The third-order valence-electron chi connectivity index (χ3n) is 5.12. The minimum Gasteiger partial charge on any atom is -0.493 e. The van der Waals surface area contributed by atoms with Gasteiger partial charge in [-0.2, -0.15) is 0 Å². The van der Waals surface area contributed by atoms with Crippen LogP contribution in [0.3, 0.4) is 0 Å². The van der Waals surface area contributed by atoms with Crippen LogP contribution in [0.4, 0.5) is 0 Å². The smallest absolute Gasteiger partial charge is 0.203 e. The lowest BCUT2D eigenvalue weighted by Crippen LogP contribution is -2.40. The van der Waals surface area contributed by atoms with Gasteiger partial charge in [-0.05, 0) is 37.5 Å². The van der Waals surface area contributed by atoms with Crippen LogP contribution in [-0.2, 0) is 17.8 Å². The Balaban J connectivity index is 1.50. The molecule has 2 atom stereocenters. The van der Waals surface area contributed by atoms with Crippen molar-refractivity contribution in [3.63, 3.8) is 0 Å². The molecule has 1 aromatic heterocycles. The highest BCUT2D eigenvalue weighted by molar-refractivity contribution is 5.54. The maximum absolute atomic E-state index is 6.09. The van der Waals surface area contributed by atoms with Crippen molar-refractivity contribution in [1.29, 1.82) is 0 Å². The molecule has 146 valence electrons. The Kier molecular flexibility index (Phi) is 5.50. The number of ether oxygens (including phenoxy) is 4. The van der Waals surface area contributed by atoms with Gasteiger partial charge in [0, 0.05) is 38.1 Å². The second kappa shape index (κ2) is 8.19. The van der Waals surface area contributed by atoms with Gasteiger partial charge in [0.15, 0.2) is 11.5 Å². The van der Waals surface area contributed by atoms with E-state index >= 15 is 0 Å². The molecule has 0 amide bonds. The Hall–Kier alpha value is -2.25. The number of hydrogen-bond acceptors (Lipinski definition) is 6. The first kappa shape index (κ1) is 18.1. The molecule has 7 heteroatoms. The van der Waals surface area contributed by atoms with Gasteiger partial charge < -0.3 is 28.8 Å². The van der Waals surface area contributed by atoms with Crippen LogP contribution in [0, 0.1) is 0 Å². The van der Waals surface area contributed by atoms with Crippen LogP contribution < -0.4 is 19.5 Å². The zero-order valence-electron chi connectivity index (χ0n) is 15.9. The molecular formula is C20H27N3O4. The van der Waals surface area contributed by atoms with E-state index < -0.39 is 0 Å². The normalized spacial score (nSPS) is 21.9. The molecule has 0 radical (unpaired) electrons. The molecule has 0 bridgehead atoms. The number of aryl methyl sites for hydroxylation is 1. The van der Waals surface area contributed by atoms with Gasteiger partial charge in [0.05, 0.1) is 7.11 Å². The zero-order valence-corrected chi connectivity index (χ0v) is 15.9. The van der Waals surface area contributed by atoms with Crippen molar-refractivity contribution >= 4 is 0 Å². The molecule has 7 nitrogen and oxygen atoms in total. The number of nitrogens with zero attached hydrogens (tertiary/aromatic N) is 2. The van der Waals surface area contributed by atoms with Crippen LogP contribution in [0.5, 0.6) is 17.2 Å². The molecule has 3 heterocycles. The number of hydrogen-bond donors (Lipinski definition) is 1. The lowest BCUT2D eigenvalue weighted by atomic mass is 10.0. The molecule has 1 N–H and O–H groups in total. The summed E-state index contributed by atoms with van der Waals surface area (Å²) in [5.41, 5.74) is 1.10. The molecule has 0 unspecified atom stereocenters. The van der Waals surface area contributed by atoms with E-state index in [4.69, 9.17) is 18.9 Å². The fourth-order valence-electron chi connectivity index (χ4n) is 3.77. The van der Waals surface area contributed by atoms with Gasteiger partial charge >= 0.3 is 0 Å². The van der Waals surface area contributed by atoms with Crippen molar-refractivity contribution in [2.24, 2.45) is 0 Å². The van der Waals surface area contributed by atoms with Crippen molar-refractivity contribution in [3.8, 4) is 17.2 Å². The second-order valence-electron chi connectivity index (χ2n) is 6.81. The molecule has 4 rings (SSSR count). The number of fused-ring (bicyclic) bond motifs is 1. The summed E-state index contributed by atoms with van der Waals surface area (Å²) in [6.07, 6.45) is 5.93. The number of imidazole rings is 1. The van der Waals surface area contributed by atoms with Crippen molar-refractivity contribution in [3.05, 3.63) is 35.9 Å². The number of methoxy groups -OCH3 is 1. The Morgan fingerprint density at radius 1 is 1.26 bits per heavy atom. The molecular weight excluding hydrogens is 346 g/mol. The van der Waals surface area contributed by atoms with Crippen molar-refractivity contribution < 1.29 is 18.9 Å². The first-order valence-electron chi connectivity index (χ1n) is 9.62. The predicted molar refractivity (Wildman–Crippen MR) is 100 cm³/mol. The maximum Gasteiger partial charge on any atom is 0.203 e. The molecule has 2 aliphatic heterocycles. The fraction of sp³-hybridized carbons (Fsp3) is 0.550. The van der Waals surface area contributed by atoms with Crippen LogP contribution in [0.1, 0.15) is 37.3 Å². The van der Waals surface area contributed by atoms with Gasteiger partial charge in [-0.3, -0.25) is 0 Å². The highest BCUT2D eigenvalue weighted by atomic mass is 16.6. The van der Waals surface area contributed by atoms with E-state index in [1.165, 1.54) is 0 Å². The maximum atomic E-state index is 6.09. The Morgan fingerprint density at radius 3 is 3.00 bits per heavy atom. The molecule has 2 aromatic rings. The molecule has 2 aliphatic rings. The minimum absolute atomic E-state index is 0.0344. The topological polar surface area (TPSA) is 66.8 Å². The summed E-state index contributed by atoms with van der Waals surface area (Å²) in [5, 5.41) is 3.66. The predicted octanol–water partition coefficient (Wildman–Crippen LogP) is 2.69. The first-order chi connectivity index (χ1) is 13.3. The molecule has 1 aromatic carbocycles. The fourth-order valence-corrected chi connectivity index (χ4v) is 3.77. The third kappa shape index (κ3) is 3.75. The largest absolute Gasteiger partial charge is 0.493 e. The van der Waals surface area contributed by atoms with Crippen LogP contribution in [0.25, 0.3) is 0 Å². The van der Waals surface area contributed by atoms with Gasteiger partial charge in [-0.1, -0.05) is 0 Å². The van der Waals surface area contributed by atoms with Crippen molar-refractivity contribution in [2.45, 2.75) is 45.0 Å². The average molecular weight is 373 g/mol. The summed E-state index contributed by atoms with van der Waals surface area (Å²) < 4.78 is 25.1. The SMILES string of the molecule is CCn1ccnc1[C@H]1OCCC[C@@H]1NCc1cc(OC)c2c(c1)OCCO2. The van der Waals surface area contributed by atoms with Gasteiger partial charge in [0.1, 0.15) is 25.1 Å². The summed E-state index contributed by atoms with van der Waals surface area (Å²) >= 11 is 0. The number of benzene rings is 1. The summed E-state index contributed by atoms with van der Waals surface area (Å²) in [6.45, 7) is 5.60. The van der Waals surface area contributed by atoms with Crippen LogP contribution >= 0.6 is 0 Å². The summed E-state index contributed by atoms with van der Waals surface area (Å²) in [5.74, 6) is 3.14. The molecule has 1 fully saturated rings. The standard InChI is InChI=1S/C20H27N3O4/c1-3-23-7-6-21-20(23)18-15(5-4-8-26-18)22-13-14-11-16(24-2)19-17(12-14)25-9-10-27-19/h6-7,11-12,15,18,22H,3-5,8-10,13H2,1-2H3/t15-,18-/m0/s1. The summed E-state index contributed by atoms with van der Waals surface area (Å²) in [4.78, 5) is 4.54. The van der Waals surface area contributed by atoms with Gasteiger partial charge in [0.25, 0.3) is 0 Å². The third-order valence-corrected chi connectivity index (χ3v) is 5.12. The lowest BCUT2D eigenvalue weighted by molar-refractivity contribution is -0.0182. The van der Waals surface area contributed by atoms with E-state index in [0.29, 0.717) is 31.3 Å². The van der Waals surface area contributed by atoms with Crippen molar-refractivity contribution in [2.75, 3.05) is 26.9 Å². The second-order valence-corrected chi connectivity index (χ2v) is 6.81. The molecule has 1 saturated heterocycles. The average Bonchev–Trinajstić information content (AvgIpc) is 3.20. The molecule has 0 spiro atoms. The van der Waals surface area contributed by atoms with Gasteiger partial charge in [-0.15, -0.1) is 0 Å². The van der Waals surface area contributed by atoms with Crippen molar-refractivity contribution in [1.82, 2.24) is 14.9 Å². The van der Waals surface area contributed by atoms with E-state index in [9.17, 15) is 0 Å². The van der Waals surface area contributed by atoms with Gasteiger partial charge in [-0.25, -0.2) is 4.98 Å². The van der Waals surface area contributed by atoms with E-state index in [-0.39, 0.29) is 12.1 Å². The minimum atomic E-state index is -0.0344. The Labute approximate surface area is 159 Å². The Morgan fingerprint density at radius 2 is 2.15 bits per heavy atom. The molecule has 0 aliphatic carbocycles. The summed E-state index contributed by atoms with van der Waals surface area (Å²) in [7, 11) is 1.65. The van der Waals surface area contributed by atoms with E-state index in [1.807, 2.05) is 24.5 Å². The van der Waals surface area contributed by atoms with Crippen LogP contribution in [-0.4, -0.2) is 42.5 Å². The zero-order chi connectivity index (χ0) is 18.6. The monoisotopic (exact) mass is 373 g/mol. The lowest BCUT2D eigenvalue weighted by Gasteiger charge is -2.32. The van der Waals surface area contributed by atoms with Crippen LogP contribution in [0.2, 0.25) is 0 Å². The molecule has 27 heavy (non-hydrogen) atoms.